The molecule has 8 heteroatoms. The van der Waals surface area contributed by atoms with Crippen molar-refractivity contribution < 1.29 is 19.4 Å². The van der Waals surface area contributed by atoms with E-state index in [1.807, 2.05) is 49.9 Å². The molecule has 1 fully saturated rings. The van der Waals surface area contributed by atoms with E-state index in [2.05, 4.69) is 28.4 Å². The van der Waals surface area contributed by atoms with Crippen LogP contribution in [0.5, 0.6) is 11.5 Å². The van der Waals surface area contributed by atoms with Crippen molar-refractivity contribution >= 4 is 23.4 Å². The number of aliphatic hydroxyl groups excluding tert-OH is 1. The highest BCUT2D eigenvalue weighted by Crippen LogP contribution is 2.42. The molecule has 0 bridgehead atoms. The summed E-state index contributed by atoms with van der Waals surface area (Å²) < 4.78 is 11.6. The number of benzene rings is 2. The molecule has 2 aromatic rings. The minimum atomic E-state index is -0.774. The van der Waals surface area contributed by atoms with Gasteiger partial charge < -0.3 is 24.4 Å². The average Bonchev–Trinajstić information content (AvgIpc) is 2.87. The number of likely N-dealkylation sites (tertiary alicyclic amines) is 1. The highest BCUT2D eigenvalue weighted by atomic mass is 32.2. The van der Waals surface area contributed by atoms with Gasteiger partial charge in [0, 0.05) is 18.6 Å². The van der Waals surface area contributed by atoms with Crippen molar-refractivity contribution in [2.75, 3.05) is 50.5 Å². The topological polar surface area (TPSA) is 74.3 Å². The van der Waals surface area contributed by atoms with Crippen LogP contribution in [0.1, 0.15) is 57.9 Å². The number of ether oxygens (including phenoxy) is 2. The summed E-state index contributed by atoms with van der Waals surface area (Å²) in [6, 6.07) is 14.2. The van der Waals surface area contributed by atoms with E-state index in [1.54, 1.807) is 7.11 Å². The third-order valence-electron chi connectivity index (χ3n) is 7.18. The number of nitrogens with zero attached hydrogens (tertiary/aromatic N) is 2. The first-order valence-corrected chi connectivity index (χ1v) is 14.7. The number of aliphatic hydroxyl groups is 1. The number of hydrogen-bond acceptors (Lipinski definition) is 7. The lowest BCUT2D eigenvalue weighted by Crippen LogP contribution is -2.46. The Morgan fingerprint density at radius 1 is 1.05 bits per heavy atom. The number of rotatable bonds is 9. The van der Waals surface area contributed by atoms with Gasteiger partial charge in [-0.15, -0.1) is 11.8 Å². The van der Waals surface area contributed by atoms with E-state index in [0.29, 0.717) is 24.0 Å². The minimum absolute atomic E-state index is 0.132. The van der Waals surface area contributed by atoms with Crippen LogP contribution in [0, 0.1) is 0 Å². The third kappa shape index (κ3) is 7.65. The van der Waals surface area contributed by atoms with Crippen LogP contribution in [-0.2, 0) is 4.79 Å². The van der Waals surface area contributed by atoms with Crippen molar-refractivity contribution in [1.29, 1.82) is 0 Å². The molecule has 0 aliphatic carbocycles. The number of para-hydroxylation sites is 1. The minimum Gasteiger partial charge on any atom is -0.496 e. The van der Waals surface area contributed by atoms with Gasteiger partial charge in [-0.2, -0.15) is 0 Å². The van der Waals surface area contributed by atoms with Gasteiger partial charge in [0.05, 0.1) is 23.4 Å². The van der Waals surface area contributed by atoms with Gasteiger partial charge in [0.25, 0.3) is 0 Å². The number of amides is 1. The molecule has 2 heterocycles. The molecule has 0 spiro atoms. The number of thioether (sulfide) groups is 1. The fourth-order valence-corrected chi connectivity index (χ4v) is 6.40. The van der Waals surface area contributed by atoms with Gasteiger partial charge >= 0.3 is 0 Å². The summed E-state index contributed by atoms with van der Waals surface area (Å²) in [5.74, 6) is 2.72. The molecule has 2 N–H and O–H groups in total. The maximum absolute atomic E-state index is 13.0. The summed E-state index contributed by atoms with van der Waals surface area (Å²) in [6.07, 6.45) is 3.85. The summed E-state index contributed by atoms with van der Waals surface area (Å²) in [7, 11) is 1.75. The zero-order valence-electron chi connectivity index (χ0n) is 23.2. The molecule has 1 amide bonds. The monoisotopic (exact) mass is 541 g/mol. The van der Waals surface area contributed by atoms with Crippen molar-refractivity contribution in [2.24, 2.45) is 0 Å². The van der Waals surface area contributed by atoms with Crippen molar-refractivity contribution in [3.05, 3.63) is 48.0 Å². The van der Waals surface area contributed by atoms with Gasteiger partial charge in [0.1, 0.15) is 24.3 Å². The molecule has 1 saturated heterocycles. The van der Waals surface area contributed by atoms with Gasteiger partial charge in [-0.05, 0) is 82.8 Å². The molecular formula is C30H43N3O4S. The quantitative estimate of drug-likeness (QED) is 0.439. The van der Waals surface area contributed by atoms with Gasteiger partial charge in [0.2, 0.25) is 5.91 Å². The normalized spacial score (nSPS) is 19.9. The molecule has 7 nitrogen and oxygen atoms in total. The van der Waals surface area contributed by atoms with Crippen LogP contribution in [0.2, 0.25) is 0 Å². The Labute approximate surface area is 231 Å². The highest BCUT2D eigenvalue weighted by molar-refractivity contribution is 8.00. The largest absolute Gasteiger partial charge is 0.496 e. The molecule has 0 aromatic heterocycles. The van der Waals surface area contributed by atoms with Crippen LogP contribution in [0.3, 0.4) is 0 Å². The van der Waals surface area contributed by atoms with Crippen molar-refractivity contribution in [2.45, 2.75) is 69.0 Å². The van der Waals surface area contributed by atoms with Gasteiger partial charge in [-0.25, -0.2) is 0 Å². The Balaban J connectivity index is 1.39. The zero-order chi connectivity index (χ0) is 27.1. The first-order chi connectivity index (χ1) is 18.2. The highest BCUT2D eigenvalue weighted by Gasteiger charge is 2.28. The summed E-state index contributed by atoms with van der Waals surface area (Å²) in [4.78, 5) is 18.4. The van der Waals surface area contributed by atoms with Gasteiger partial charge in [0.15, 0.2) is 0 Å². The third-order valence-corrected chi connectivity index (χ3v) is 8.27. The predicted molar refractivity (Wildman–Crippen MR) is 155 cm³/mol. The van der Waals surface area contributed by atoms with Crippen LogP contribution >= 0.6 is 11.8 Å². The van der Waals surface area contributed by atoms with E-state index in [4.69, 9.17) is 9.47 Å². The smallest absolute Gasteiger partial charge is 0.237 e. The van der Waals surface area contributed by atoms with E-state index in [-0.39, 0.29) is 18.1 Å². The van der Waals surface area contributed by atoms with Crippen LogP contribution in [0.4, 0.5) is 5.69 Å². The van der Waals surface area contributed by atoms with Crippen molar-refractivity contribution in [3.63, 3.8) is 0 Å². The summed E-state index contributed by atoms with van der Waals surface area (Å²) >= 11 is 1.52. The van der Waals surface area contributed by atoms with E-state index >= 15 is 0 Å². The lowest BCUT2D eigenvalue weighted by molar-refractivity contribution is -0.116. The van der Waals surface area contributed by atoms with Crippen LogP contribution in [-0.4, -0.2) is 73.3 Å². The molecule has 2 atom stereocenters. The average molecular weight is 542 g/mol. The summed E-state index contributed by atoms with van der Waals surface area (Å²) in [6.45, 7) is 9.72. The Hall–Kier alpha value is -2.26. The molecule has 2 aliphatic heterocycles. The second kappa shape index (κ2) is 13.2. The van der Waals surface area contributed by atoms with E-state index in [1.165, 1.54) is 30.2 Å². The summed E-state index contributed by atoms with van der Waals surface area (Å²) in [5, 5.41) is 13.4. The van der Waals surface area contributed by atoms with Crippen LogP contribution in [0.25, 0.3) is 0 Å². The first kappa shape index (κ1) is 28.7. The Morgan fingerprint density at radius 3 is 2.63 bits per heavy atom. The van der Waals surface area contributed by atoms with Crippen molar-refractivity contribution in [1.82, 2.24) is 10.2 Å². The fraction of sp³-hybridized carbons (Fsp3) is 0.567. The van der Waals surface area contributed by atoms with Crippen LogP contribution < -0.4 is 19.7 Å². The molecule has 4 rings (SSSR count). The maximum Gasteiger partial charge on any atom is 0.237 e. The Kier molecular flexibility index (Phi) is 9.98. The summed E-state index contributed by atoms with van der Waals surface area (Å²) in [5.41, 5.74) is 2.00. The molecule has 38 heavy (non-hydrogen) atoms. The lowest BCUT2D eigenvalue weighted by atomic mass is 9.88. The zero-order valence-corrected chi connectivity index (χ0v) is 24.1. The lowest BCUT2D eigenvalue weighted by Gasteiger charge is -2.34. The van der Waals surface area contributed by atoms with E-state index < -0.39 is 6.23 Å². The van der Waals surface area contributed by atoms with Crippen molar-refractivity contribution in [3.8, 4) is 11.5 Å². The standard InChI is InChI=1S/C30H43N3O4S/c1-30(2,3)31-27(34)20-37-26-14-9-12-24-29(26)38-21-28(35)33(24)19-18-32-16-8-7-10-22(15-17-32)23-11-5-6-13-25(23)36-4/h5-6,9,11-14,22,27,31,34H,7-8,10,15-21H2,1-4H3. The number of methoxy groups -OCH3 is 1. The second-order valence-electron chi connectivity index (χ2n) is 11.2. The van der Waals surface area contributed by atoms with E-state index in [0.717, 1.165) is 48.8 Å². The molecule has 0 radical (unpaired) electrons. The van der Waals surface area contributed by atoms with Crippen LogP contribution in [0.15, 0.2) is 47.4 Å². The maximum atomic E-state index is 13.0. The number of anilines is 1. The molecular weight excluding hydrogens is 498 g/mol. The van der Waals surface area contributed by atoms with E-state index in [9.17, 15) is 9.90 Å². The van der Waals surface area contributed by atoms with Gasteiger partial charge in [-0.3, -0.25) is 10.1 Å². The van der Waals surface area contributed by atoms with Gasteiger partial charge in [-0.1, -0.05) is 30.7 Å². The SMILES string of the molecule is COc1ccccc1C1CCCCN(CCN2C(=O)CSc3c(OCC(O)NC(C)(C)C)cccc32)CC1. The number of fused-ring (bicyclic) bond motifs is 1. The number of carbonyl (C=O) groups is 1. The molecule has 208 valence electrons. The molecule has 0 saturated carbocycles. The fourth-order valence-electron chi connectivity index (χ4n) is 5.38. The Morgan fingerprint density at radius 2 is 1.84 bits per heavy atom. The predicted octanol–water partition coefficient (Wildman–Crippen LogP) is 4.88. The number of carbonyl (C=O) groups excluding carboxylic acids is 1. The number of nitrogens with one attached hydrogen (secondary N) is 1. The molecule has 2 unspecified atom stereocenters. The first-order valence-electron chi connectivity index (χ1n) is 13.7. The Bertz CT molecular complexity index is 1070. The molecule has 2 aliphatic rings. The second-order valence-corrected chi connectivity index (χ2v) is 12.2. The molecule has 2 aromatic carbocycles. The number of hydrogen-bond donors (Lipinski definition) is 2.